The number of carbonyl (C=O) groups is 2. The number of aryl methyl sites for hydroxylation is 1. The predicted octanol–water partition coefficient (Wildman–Crippen LogP) is 4.24. The summed E-state index contributed by atoms with van der Waals surface area (Å²) in [7, 11) is 0. The summed E-state index contributed by atoms with van der Waals surface area (Å²) in [4.78, 5) is 23.5. The van der Waals surface area contributed by atoms with Crippen LogP contribution in [0, 0.1) is 0 Å². The van der Waals surface area contributed by atoms with Gasteiger partial charge in [0.25, 0.3) is 5.91 Å². The SMILES string of the molecule is CCCCc1ccc(NC(=O)COC(=O)COc2ccccc2Cl)cc1. The maximum Gasteiger partial charge on any atom is 0.344 e. The molecule has 5 nitrogen and oxygen atoms in total. The second kappa shape index (κ2) is 10.5. The Morgan fingerprint density at radius 1 is 1.04 bits per heavy atom. The number of carbonyl (C=O) groups excluding carboxylic acids is 2. The number of hydrogen-bond donors (Lipinski definition) is 1. The number of rotatable bonds is 9. The van der Waals surface area contributed by atoms with Gasteiger partial charge in [-0.1, -0.05) is 49.2 Å². The highest BCUT2D eigenvalue weighted by Gasteiger charge is 2.10. The van der Waals surface area contributed by atoms with Crippen molar-refractivity contribution in [1.82, 2.24) is 0 Å². The molecule has 0 aliphatic rings. The van der Waals surface area contributed by atoms with Gasteiger partial charge in [0.1, 0.15) is 5.75 Å². The van der Waals surface area contributed by atoms with Crippen molar-refractivity contribution in [1.29, 1.82) is 0 Å². The number of hydrogen-bond acceptors (Lipinski definition) is 4. The lowest BCUT2D eigenvalue weighted by Crippen LogP contribution is -2.23. The summed E-state index contributed by atoms with van der Waals surface area (Å²) in [6.07, 6.45) is 3.30. The van der Waals surface area contributed by atoms with Gasteiger partial charge in [0.05, 0.1) is 5.02 Å². The monoisotopic (exact) mass is 375 g/mol. The van der Waals surface area contributed by atoms with Crippen LogP contribution in [0.1, 0.15) is 25.3 Å². The third kappa shape index (κ3) is 6.76. The second-order valence-corrected chi connectivity index (χ2v) is 6.14. The highest BCUT2D eigenvalue weighted by atomic mass is 35.5. The fraction of sp³-hybridized carbons (Fsp3) is 0.300. The molecule has 1 amide bonds. The van der Waals surface area contributed by atoms with Gasteiger partial charge in [-0.05, 0) is 42.7 Å². The van der Waals surface area contributed by atoms with Crippen molar-refractivity contribution in [3.05, 3.63) is 59.1 Å². The van der Waals surface area contributed by atoms with E-state index in [-0.39, 0.29) is 13.2 Å². The van der Waals surface area contributed by atoms with Gasteiger partial charge in [0, 0.05) is 5.69 Å². The number of amides is 1. The Kier molecular flexibility index (Phi) is 7.96. The summed E-state index contributed by atoms with van der Waals surface area (Å²) in [6.45, 7) is 1.46. The van der Waals surface area contributed by atoms with Crippen molar-refractivity contribution in [2.24, 2.45) is 0 Å². The molecule has 2 aromatic rings. The normalized spacial score (nSPS) is 10.2. The summed E-state index contributed by atoms with van der Waals surface area (Å²) < 4.78 is 10.2. The van der Waals surface area contributed by atoms with E-state index in [9.17, 15) is 9.59 Å². The first-order valence-corrected chi connectivity index (χ1v) is 8.88. The van der Waals surface area contributed by atoms with Crippen LogP contribution in [-0.2, 0) is 20.7 Å². The molecule has 0 saturated heterocycles. The summed E-state index contributed by atoms with van der Waals surface area (Å²) in [5.74, 6) is -0.661. The molecule has 26 heavy (non-hydrogen) atoms. The quantitative estimate of drug-likeness (QED) is 0.665. The molecular weight excluding hydrogens is 354 g/mol. The van der Waals surface area contributed by atoms with Crippen LogP contribution < -0.4 is 10.1 Å². The zero-order valence-corrected chi connectivity index (χ0v) is 15.4. The molecule has 138 valence electrons. The van der Waals surface area contributed by atoms with Crippen LogP contribution in [0.25, 0.3) is 0 Å². The van der Waals surface area contributed by atoms with Gasteiger partial charge in [0.15, 0.2) is 13.2 Å². The number of unbranched alkanes of at least 4 members (excludes halogenated alkanes) is 1. The minimum Gasteiger partial charge on any atom is -0.480 e. The van der Waals surface area contributed by atoms with Gasteiger partial charge in [0.2, 0.25) is 0 Å². The third-order valence-corrected chi connectivity index (χ3v) is 3.92. The molecule has 0 fully saturated rings. The molecule has 6 heteroatoms. The molecule has 0 aliphatic carbocycles. The number of nitrogens with one attached hydrogen (secondary N) is 1. The van der Waals surface area contributed by atoms with Crippen molar-refractivity contribution in [3.63, 3.8) is 0 Å². The van der Waals surface area contributed by atoms with E-state index in [4.69, 9.17) is 21.1 Å². The van der Waals surface area contributed by atoms with Crippen molar-refractivity contribution >= 4 is 29.2 Å². The molecule has 0 bridgehead atoms. The lowest BCUT2D eigenvalue weighted by atomic mass is 10.1. The Labute approximate surface area is 158 Å². The molecule has 1 N–H and O–H groups in total. The lowest BCUT2D eigenvalue weighted by Gasteiger charge is -2.09. The predicted molar refractivity (Wildman–Crippen MR) is 102 cm³/mol. The number of para-hydroxylation sites is 1. The van der Waals surface area contributed by atoms with Crippen LogP contribution in [-0.4, -0.2) is 25.1 Å². The molecule has 0 spiro atoms. The molecule has 0 radical (unpaired) electrons. The van der Waals surface area contributed by atoms with E-state index in [1.165, 1.54) is 5.56 Å². The molecule has 0 heterocycles. The number of benzene rings is 2. The van der Waals surface area contributed by atoms with Crippen molar-refractivity contribution in [2.45, 2.75) is 26.2 Å². The Morgan fingerprint density at radius 3 is 2.46 bits per heavy atom. The Morgan fingerprint density at radius 2 is 1.77 bits per heavy atom. The van der Waals surface area contributed by atoms with Crippen LogP contribution in [0.15, 0.2) is 48.5 Å². The Hall–Kier alpha value is -2.53. The molecule has 2 rings (SSSR count). The maximum absolute atomic E-state index is 11.9. The van der Waals surface area contributed by atoms with E-state index in [1.54, 1.807) is 24.3 Å². The smallest absolute Gasteiger partial charge is 0.344 e. The van der Waals surface area contributed by atoms with Crippen LogP contribution in [0.4, 0.5) is 5.69 Å². The van der Waals surface area contributed by atoms with Crippen LogP contribution in [0.3, 0.4) is 0 Å². The first-order chi connectivity index (χ1) is 12.6. The number of ether oxygens (including phenoxy) is 2. The highest BCUT2D eigenvalue weighted by molar-refractivity contribution is 6.32. The topological polar surface area (TPSA) is 64.6 Å². The van der Waals surface area contributed by atoms with Gasteiger partial charge in [-0.3, -0.25) is 4.79 Å². The first kappa shape index (κ1) is 19.8. The fourth-order valence-corrected chi connectivity index (χ4v) is 2.41. The fourth-order valence-electron chi connectivity index (χ4n) is 2.22. The molecule has 0 unspecified atom stereocenters. The van der Waals surface area contributed by atoms with Crippen molar-refractivity contribution < 1.29 is 19.1 Å². The van der Waals surface area contributed by atoms with Crippen molar-refractivity contribution in [3.8, 4) is 5.75 Å². The average molecular weight is 376 g/mol. The average Bonchev–Trinajstić information content (AvgIpc) is 2.65. The zero-order chi connectivity index (χ0) is 18.8. The Balaban J connectivity index is 1.70. The summed E-state index contributed by atoms with van der Waals surface area (Å²) >= 11 is 5.92. The number of anilines is 1. The molecular formula is C20H22ClNO4. The van der Waals surface area contributed by atoms with E-state index >= 15 is 0 Å². The standard InChI is InChI=1S/C20H22ClNO4/c1-2-3-6-15-9-11-16(12-10-15)22-19(23)13-26-20(24)14-25-18-8-5-4-7-17(18)21/h4-5,7-12H,2-3,6,13-14H2,1H3,(H,22,23). The molecule has 0 atom stereocenters. The van der Waals surface area contributed by atoms with Gasteiger partial charge in [-0.25, -0.2) is 4.79 Å². The van der Waals surface area contributed by atoms with Gasteiger partial charge in [-0.2, -0.15) is 0 Å². The van der Waals surface area contributed by atoms with E-state index < -0.39 is 11.9 Å². The Bertz CT molecular complexity index is 731. The van der Waals surface area contributed by atoms with Gasteiger partial charge in [-0.15, -0.1) is 0 Å². The largest absolute Gasteiger partial charge is 0.480 e. The van der Waals surface area contributed by atoms with Crippen LogP contribution in [0.5, 0.6) is 5.75 Å². The second-order valence-electron chi connectivity index (χ2n) is 5.73. The van der Waals surface area contributed by atoms with Crippen LogP contribution >= 0.6 is 11.6 Å². The first-order valence-electron chi connectivity index (χ1n) is 8.50. The molecule has 0 aromatic heterocycles. The summed E-state index contributed by atoms with van der Waals surface area (Å²) in [5.41, 5.74) is 1.90. The summed E-state index contributed by atoms with van der Waals surface area (Å²) in [6, 6.07) is 14.4. The molecule has 0 saturated carbocycles. The minimum atomic E-state index is -0.644. The third-order valence-electron chi connectivity index (χ3n) is 3.60. The van der Waals surface area contributed by atoms with Crippen LogP contribution in [0.2, 0.25) is 5.02 Å². The number of esters is 1. The minimum absolute atomic E-state index is 0.316. The van der Waals surface area contributed by atoms with E-state index in [1.807, 2.05) is 24.3 Å². The number of halogens is 1. The maximum atomic E-state index is 11.9. The van der Waals surface area contributed by atoms with Gasteiger partial charge < -0.3 is 14.8 Å². The van der Waals surface area contributed by atoms with Crippen molar-refractivity contribution in [2.75, 3.05) is 18.5 Å². The zero-order valence-electron chi connectivity index (χ0n) is 14.7. The van der Waals surface area contributed by atoms with Gasteiger partial charge >= 0.3 is 5.97 Å². The van der Waals surface area contributed by atoms with E-state index in [0.717, 1.165) is 19.3 Å². The molecule has 0 aliphatic heterocycles. The summed E-state index contributed by atoms with van der Waals surface area (Å²) in [5, 5.41) is 3.09. The lowest BCUT2D eigenvalue weighted by molar-refractivity contribution is -0.149. The van der Waals surface area contributed by atoms with E-state index in [2.05, 4.69) is 12.2 Å². The molecule has 2 aromatic carbocycles. The highest BCUT2D eigenvalue weighted by Crippen LogP contribution is 2.22. The van der Waals surface area contributed by atoms with E-state index in [0.29, 0.717) is 16.5 Å².